The highest BCUT2D eigenvalue weighted by Crippen LogP contribution is 2.41. The van der Waals surface area contributed by atoms with Gasteiger partial charge in [-0.15, -0.1) is 0 Å². The maximum absolute atomic E-state index is 12.5. The Morgan fingerprint density at radius 1 is 1.10 bits per heavy atom. The molecule has 0 amide bonds. The fourth-order valence-electron chi connectivity index (χ4n) is 2.75. The Labute approximate surface area is 178 Å². The van der Waals surface area contributed by atoms with Crippen molar-refractivity contribution < 1.29 is 29.2 Å². The first-order chi connectivity index (χ1) is 14.5. The van der Waals surface area contributed by atoms with Gasteiger partial charge in [0.05, 0.1) is 31.4 Å². The van der Waals surface area contributed by atoms with Crippen molar-refractivity contribution in [3.05, 3.63) is 64.3 Å². The fourth-order valence-corrected chi connectivity index (χ4v) is 3.78. The number of rotatable bonds is 6. The molecule has 0 bridgehead atoms. The predicted octanol–water partition coefficient (Wildman–Crippen LogP) is 4.60. The van der Waals surface area contributed by atoms with Gasteiger partial charge in [-0.1, -0.05) is 30.0 Å². The number of benzene rings is 2. The van der Waals surface area contributed by atoms with Crippen LogP contribution in [0.1, 0.15) is 12.5 Å². The van der Waals surface area contributed by atoms with Gasteiger partial charge in [0.25, 0.3) is 0 Å². The molecule has 0 saturated heterocycles. The Morgan fingerprint density at radius 3 is 2.50 bits per heavy atom. The molecule has 7 nitrogen and oxygen atoms in total. The number of aromatic hydroxyl groups is 1. The predicted molar refractivity (Wildman–Crippen MR) is 117 cm³/mol. The van der Waals surface area contributed by atoms with Crippen molar-refractivity contribution in [1.29, 1.82) is 0 Å². The van der Waals surface area contributed by atoms with E-state index in [1.54, 1.807) is 49.4 Å². The molecule has 8 heteroatoms. The van der Waals surface area contributed by atoms with E-state index in [9.17, 15) is 15.0 Å². The molecule has 1 heterocycles. The summed E-state index contributed by atoms with van der Waals surface area (Å²) in [5, 5.41) is 21.0. The van der Waals surface area contributed by atoms with E-state index in [-0.39, 0.29) is 28.7 Å². The Kier molecular flexibility index (Phi) is 6.68. The van der Waals surface area contributed by atoms with Gasteiger partial charge in [0.15, 0.2) is 11.5 Å². The molecule has 3 rings (SSSR count). The molecule has 0 unspecified atom stereocenters. The highest BCUT2D eigenvalue weighted by molar-refractivity contribution is 8.18. The zero-order chi connectivity index (χ0) is 21.7. The monoisotopic (exact) mass is 427 g/mol. The summed E-state index contributed by atoms with van der Waals surface area (Å²) >= 11 is 1.11. The zero-order valence-electron chi connectivity index (χ0n) is 16.7. The number of phenolic OH excluding ortho intramolecular Hbond substituents is 1. The van der Waals surface area contributed by atoms with Crippen molar-refractivity contribution in [2.75, 3.05) is 20.8 Å². The Morgan fingerprint density at radius 2 is 1.83 bits per heavy atom. The highest BCUT2D eigenvalue weighted by atomic mass is 32.2. The first-order valence-corrected chi connectivity index (χ1v) is 9.89. The number of aliphatic imine (C=N–C) groups is 1. The summed E-state index contributed by atoms with van der Waals surface area (Å²) in [6, 6.07) is 11.8. The van der Waals surface area contributed by atoms with Crippen LogP contribution < -0.4 is 9.47 Å². The van der Waals surface area contributed by atoms with Crippen molar-refractivity contribution >= 4 is 34.5 Å². The average molecular weight is 427 g/mol. The molecule has 2 N–H and O–H groups in total. The van der Waals surface area contributed by atoms with E-state index >= 15 is 0 Å². The van der Waals surface area contributed by atoms with Gasteiger partial charge in [-0.2, -0.15) is 0 Å². The maximum atomic E-state index is 12.5. The van der Waals surface area contributed by atoms with Crippen molar-refractivity contribution in [3.8, 4) is 17.2 Å². The minimum Gasteiger partial charge on any atom is -0.507 e. The molecular weight excluding hydrogens is 406 g/mol. The number of aliphatic hydroxyl groups is 1. The molecule has 156 valence electrons. The minimum absolute atomic E-state index is 0.0293. The van der Waals surface area contributed by atoms with Crippen molar-refractivity contribution in [2.45, 2.75) is 6.92 Å². The lowest BCUT2D eigenvalue weighted by Gasteiger charge is -2.08. The topological polar surface area (TPSA) is 97.6 Å². The lowest BCUT2D eigenvalue weighted by Crippen LogP contribution is -2.12. The summed E-state index contributed by atoms with van der Waals surface area (Å²) < 4.78 is 15.6. The van der Waals surface area contributed by atoms with Gasteiger partial charge in [-0.3, -0.25) is 0 Å². The second-order valence-corrected chi connectivity index (χ2v) is 7.10. The molecular formula is C22H21NO6S. The second kappa shape index (κ2) is 9.41. The number of carbonyl (C=O) groups excluding carboxylic acids is 1. The van der Waals surface area contributed by atoms with Crippen LogP contribution in [0, 0.1) is 0 Å². The SMILES string of the molecule is CCOC(=O)C1=C(O)/C(=C\c2ccccc2O)SC1=Nc1ccc(OC)c(OC)c1. The van der Waals surface area contributed by atoms with Crippen LogP contribution >= 0.6 is 11.8 Å². The number of aliphatic hydroxyl groups excluding tert-OH is 1. The number of hydrogen-bond acceptors (Lipinski definition) is 8. The molecule has 0 aliphatic carbocycles. The maximum Gasteiger partial charge on any atom is 0.344 e. The van der Waals surface area contributed by atoms with Crippen LogP contribution in [0.5, 0.6) is 17.2 Å². The number of esters is 1. The summed E-state index contributed by atoms with van der Waals surface area (Å²) in [6.45, 7) is 1.84. The van der Waals surface area contributed by atoms with Crippen LogP contribution in [0.3, 0.4) is 0 Å². The molecule has 1 aliphatic rings. The van der Waals surface area contributed by atoms with Crippen LogP contribution in [-0.4, -0.2) is 42.1 Å². The van der Waals surface area contributed by atoms with E-state index < -0.39 is 5.97 Å². The van der Waals surface area contributed by atoms with Crippen molar-refractivity contribution in [1.82, 2.24) is 0 Å². The third-order valence-electron chi connectivity index (χ3n) is 4.19. The van der Waals surface area contributed by atoms with Gasteiger partial charge >= 0.3 is 5.97 Å². The molecule has 0 fully saturated rings. The molecule has 30 heavy (non-hydrogen) atoms. The number of para-hydroxylation sites is 1. The van der Waals surface area contributed by atoms with Crippen molar-refractivity contribution in [3.63, 3.8) is 0 Å². The van der Waals surface area contributed by atoms with E-state index in [2.05, 4.69) is 4.99 Å². The zero-order valence-corrected chi connectivity index (χ0v) is 17.5. The summed E-state index contributed by atoms with van der Waals surface area (Å²) in [5.41, 5.74) is 0.981. The Hall–Kier alpha value is -3.39. The fraction of sp³-hybridized carbons (Fsp3) is 0.182. The summed E-state index contributed by atoms with van der Waals surface area (Å²) in [5.74, 6) is 0.160. The quantitative estimate of drug-likeness (QED) is 0.650. The van der Waals surface area contributed by atoms with Gasteiger partial charge < -0.3 is 24.4 Å². The average Bonchev–Trinajstić information content (AvgIpc) is 3.04. The lowest BCUT2D eigenvalue weighted by molar-refractivity contribution is -0.138. The summed E-state index contributed by atoms with van der Waals surface area (Å²) in [7, 11) is 3.05. The largest absolute Gasteiger partial charge is 0.507 e. The molecule has 1 aliphatic heterocycles. The number of hydrogen-bond donors (Lipinski definition) is 2. The molecule has 0 radical (unpaired) electrons. The van der Waals surface area contributed by atoms with Crippen LogP contribution in [-0.2, 0) is 9.53 Å². The molecule has 0 atom stereocenters. The number of methoxy groups -OCH3 is 2. The molecule has 2 aromatic rings. The van der Waals surface area contributed by atoms with Crippen LogP contribution in [0.4, 0.5) is 5.69 Å². The van der Waals surface area contributed by atoms with E-state index in [0.29, 0.717) is 27.7 Å². The van der Waals surface area contributed by atoms with Gasteiger partial charge in [-0.05, 0) is 31.2 Å². The van der Waals surface area contributed by atoms with E-state index in [0.717, 1.165) is 11.8 Å². The van der Waals surface area contributed by atoms with E-state index in [1.807, 2.05) is 0 Å². The first kappa shape index (κ1) is 21.3. The van der Waals surface area contributed by atoms with Gasteiger partial charge in [0, 0.05) is 11.6 Å². The number of phenols is 1. The van der Waals surface area contributed by atoms with Crippen LogP contribution in [0.25, 0.3) is 6.08 Å². The van der Waals surface area contributed by atoms with Crippen molar-refractivity contribution in [2.24, 2.45) is 4.99 Å². The lowest BCUT2D eigenvalue weighted by atomic mass is 10.1. The second-order valence-electron chi connectivity index (χ2n) is 6.07. The van der Waals surface area contributed by atoms with E-state index in [1.165, 1.54) is 20.3 Å². The van der Waals surface area contributed by atoms with Gasteiger partial charge in [0.1, 0.15) is 22.1 Å². The summed E-state index contributed by atoms with van der Waals surface area (Å²) in [6.07, 6.45) is 1.59. The van der Waals surface area contributed by atoms with Gasteiger partial charge in [-0.25, -0.2) is 9.79 Å². The normalized spacial score (nSPS) is 16.2. The number of thioether (sulfide) groups is 1. The smallest absolute Gasteiger partial charge is 0.344 e. The molecule has 0 spiro atoms. The molecule has 0 aromatic heterocycles. The molecule has 0 saturated carbocycles. The third kappa shape index (κ3) is 4.44. The standard InChI is InChI=1S/C22H21NO6S/c1-4-29-22(26)19-20(25)18(11-13-7-5-6-8-15(13)24)30-21(19)23-14-9-10-16(27-2)17(12-14)28-3/h5-12,24-25H,4H2,1-3H3/b18-11+,23-21?. The Bertz CT molecular complexity index is 1060. The third-order valence-corrected chi connectivity index (χ3v) is 5.21. The van der Waals surface area contributed by atoms with E-state index in [4.69, 9.17) is 14.2 Å². The van der Waals surface area contributed by atoms with Gasteiger partial charge in [0.2, 0.25) is 0 Å². The summed E-state index contributed by atoms with van der Waals surface area (Å²) in [4.78, 5) is 17.4. The number of nitrogens with zero attached hydrogens (tertiary/aromatic N) is 1. The Balaban J connectivity index is 2.06. The minimum atomic E-state index is -0.678. The number of ether oxygens (including phenoxy) is 3. The van der Waals surface area contributed by atoms with Crippen LogP contribution in [0.2, 0.25) is 0 Å². The van der Waals surface area contributed by atoms with Crippen LogP contribution in [0.15, 0.2) is 63.7 Å². The molecule has 2 aromatic carbocycles. The number of carbonyl (C=O) groups is 1. The first-order valence-electron chi connectivity index (χ1n) is 9.07. The highest BCUT2D eigenvalue weighted by Gasteiger charge is 2.33.